The summed E-state index contributed by atoms with van der Waals surface area (Å²) in [5, 5.41) is 11.3. The van der Waals surface area contributed by atoms with Gasteiger partial charge in [-0.15, -0.1) is 0 Å². The van der Waals surface area contributed by atoms with E-state index in [2.05, 4.69) is 11.6 Å². The standard InChI is InChI=1S/C29H27FN2O6S/c1-4-6-15-37-19-11-9-10-18(16-19)24(33)22-23(20-12-7-8-13-21(20)30)32(27(35)25(22)34)29-31-17(3)26(39-29)28(36)38-14-5-2/h5,7-13,16,23,33H,2,4,6,14-15H2,1,3H3. The smallest absolute Gasteiger partial charge is 0.350 e. The van der Waals surface area contributed by atoms with Crippen LogP contribution in [-0.4, -0.2) is 41.0 Å². The Hall–Kier alpha value is -4.31. The first-order chi connectivity index (χ1) is 18.8. The summed E-state index contributed by atoms with van der Waals surface area (Å²) < 4.78 is 26.0. The molecular formula is C29H27FN2O6S. The molecule has 0 spiro atoms. The first-order valence-electron chi connectivity index (χ1n) is 12.3. The number of carbonyl (C=O) groups is 3. The van der Waals surface area contributed by atoms with Crippen molar-refractivity contribution in [1.29, 1.82) is 0 Å². The van der Waals surface area contributed by atoms with Gasteiger partial charge in [0.05, 0.1) is 17.9 Å². The van der Waals surface area contributed by atoms with E-state index in [1.807, 2.05) is 6.92 Å². The Morgan fingerprint density at radius 1 is 1.23 bits per heavy atom. The summed E-state index contributed by atoms with van der Waals surface area (Å²) in [4.78, 5) is 44.7. The number of rotatable bonds is 10. The number of carbonyl (C=O) groups excluding carboxylic acids is 3. The van der Waals surface area contributed by atoms with Gasteiger partial charge in [-0.05, 0) is 31.5 Å². The molecule has 2 heterocycles. The largest absolute Gasteiger partial charge is 0.507 e. The molecule has 0 bridgehead atoms. The van der Waals surface area contributed by atoms with E-state index in [1.54, 1.807) is 37.3 Å². The first-order valence-corrected chi connectivity index (χ1v) is 13.1. The molecule has 1 N–H and O–H groups in total. The summed E-state index contributed by atoms with van der Waals surface area (Å²) in [6.07, 6.45) is 3.19. The van der Waals surface area contributed by atoms with Gasteiger partial charge in [-0.2, -0.15) is 0 Å². The summed E-state index contributed by atoms with van der Waals surface area (Å²) in [6, 6.07) is 10.8. The fraction of sp³-hybridized carbons (Fsp3) is 0.241. The Balaban J connectivity index is 1.84. The molecule has 39 heavy (non-hydrogen) atoms. The molecule has 1 unspecified atom stereocenters. The van der Waals surface area contributed by atoms with Crippen LogP contribution in [0.1, 0.15) is 52.3 Å². The molecule has 1 saturated heterocycles. The van der Waals surface area contributed by atoms with Crippen LogP contribution in [0.5, 0.6) is 5.75 Å². The molecule has 1 amide bonds. The van der Waals surface area contributed by atoms with E-state index in [1.165, 1.54) is 24.3 Å². The first kappa shape index (κ1) is 27.7. The number of amides is 1. The van der Waals surface area contributed by atoms with Crippen molar-refractivity contribution in [3.8, 4) is 5.75 Å². The Morgan fingerprint density at radius 2 is 2.00 bits per heavy atom. The van der Waals surface area contributed by atoms with Crippen LogP contribution in [-0.2, 0) is 14.3 Å². The third-order valence-electron chi connectivity index (χ3n) is 6.03. The molecule has 2 aromatic carbocycles. The van der Waals surface area contributed by atoms with Gasteiger partial charge in [-0.25, -0.2) is 14.2 Å². The van der Waals surface area contributed by atoms with Crippen molar-refractivity contribution in [2.24, 2.45) is 0 Å². The van der Waals surface area contributed by atoms with Gasteiger partial charge < -0.3 is 14.6 Å². The quantitative estimate of drug-likeness (QED) is 0.0857. The summed E-state index contributed by atoms with van der Waals surface area (Å²) >= 11 is 0.835. The van der Waals surface area contributed by atoms with Gasteiger partial charge in [0, 0.05) is 11.1 Å². The molecular weight excluding hydrogens is 523 g/mol. The van der Waals surface area contributed by atoms with Crippen molar-refractivity contribution in [1.82, 2.24) is 4.98 Å². The molecule has 10 heteroatoms. The number of aryl methyl sites for hydroxylation is 1. The van der Waals surface area contributed by atoms with Gasteiger partial charge >= 0.3 is 11.9 Å². The average molecular weight is 551 g/mol. The maximum Gasteiger partial charge on any atom is 0.350 e. The van der Waals surface area contributed by atoms with Gasteiger partial charge in [0.1, 0.15) is 34.9 Å². The Morgan fingerprint density at radius 3 is 2.72 bits per heavy atom. The van der Waals surface area contributed by atoms with Crippen molar-refractivity contribution in [2.75, 3.05) is 18.1 Å². The predicted octanol–water partition coefficient (Wildman–Crippen LogP) is 5.74. The molecule has 0 aliphatic carbocycles. The number of hydrogen-bond acceptors (Lipinski definition) is 8. The highest BCUT2D eigenvalue weighted by Crippen LogP contribution is 2.44. The maximum atomic E-state index is 15.1. The van der Waals surface area contributed by atoms with Crippen LogP contribution in [0.15, 0.2) is 66.8 Å². The van der Waals surface area contributed by atoms with Gasteiger partial charge in [-0.1, -0.05) is 67.7 Å². The zero-order valence-corrected chi connectivity index (χ0v) is 22.3. The number of anilines is 1. The molecule has 4 rings (SSSR count). The van der Waals surface area contributed by atoms with E-state index in [9.17, 15) is 19.5 Å². The molecule has 1 aliphatic heterocycles. The topological polar surface area (TPSA) is 106 Å². The van der Waals surface area contributed by atoms with Gasteiger partial charge in [-0.3, -0.25) is 14.5 Å². The van der Waals surface area contributed by atoms with Crippen molar-refractivity contribution >= 4 is 39.9 Å². The molecule has 1 aromatic heterocycles. The highest BCUT2D eigenvalue weighted by molar-refractivity contribution is 7.17. The molecule has 0 saturated carbocycles. The van der Waals surface area contributed by atoms with E-state index in [0.717, 1.165) is 29.1 Å². The number of aliphatic hydroxyl groups excluding tert-OH is 1. The lowest BCUT2D eigenvalue weighted by Gasteiger charge is -2.23. The summed E-state index contributed by atoms with van der Waals surface area (Å²) in [5.74, 6) is -3.39. The second-order valence-corrected chi connectivity index (χ2v) is 9.70. The number of hydrogen-bond donors (Lipinski definition) is 1. The van der Waals surface area contributed by atoms with Gasteiger partial charge in [0.2, 0.25) is 0 Å². The number of nitrogens with zero attached hydrogens (tertiary/aromatic N) is 2. The van der Waals surface area contributed by atoms with Crippen LogP contribution in [0.3, 0.4) is 0 Å². The fourth-order valence-electron chi connectivity index (χ4n) is 4.12. The average Bonchev–Trinajstić information content (AvgIpc) is 3.44. The summed E-state index contributed by atoms with van der Waals surface area (Å²) in [7, 11) is 0. The minimum atomic E-state index is -1.33. The summed E-state index contributed by atoms with van der Waals surface area (Å²) in [6.45, 7) is 7.55. The maximum absolute atomic E-state index is 15.1. The lowest BCUT2D eigenvalue weighted by atomic mass is 9.95. The van der Waals surface area contributed by atoms with Crippen molar-refractivity contribution in [2.45, 2.75) is 32.7 Å². The normalized spacial score (nSPS) is 16.4. The summed E-state index contributed by atoms with van der Waals surface area (Å²) in [5.41, 5.74) is 0.180. The number of benzene rings is 2. The van der Waals surface area contributed by atoms with E-state index >= 15 is 4.39 Å². The Bertz CT molecular complexity index is 1460. The molecule has 8 nitrogen and oxygen atoms in total. The van der Waals surface area contributed by atoms with Crippen LogP contribution < -0.4 is 9.64 Å². The molecule has 1 fully saturated rings. The van der Waals surface area contributed by atoms with E-state index in [4.69, 9.17) is 9.47 Å². The second-order valence-electron chi connectivity index (χ2n) is 8.72. The fourth-order valence-corrected chi connectivity index (χ4v) is 5.11. The highest BCUT2D eigenvalue weighted by atomic mass is 32.1. The molecule has 202 valence electrons. The number of halogens is 1. The van der Waals surface area contributed by atoms with Crippen molar-refractivity contribution in [3.05, 3.63) is 94.3 Å². The van der Waals surface area contributed by atoms with Crippen LogP contribution in [0, 0.1) is 12.7 Å². The van der Waals surface area contributed by atoms with E-state index in [-0.39, 0.29) is 39.0 Å². The Kier molecular flexibility index (Phi) is 8.55. The molecule has 1 aliphatic rings. The lowest BCUT2D eigenvalue weighted by molar-refractivity contribution is -0.132. The molecule has 1 atom stereocenters. The number of aliphatic hydroxyl groups is 1. The minimum Gasteiger partial charge on any atom is -0.507 e. The number of esters is 1. The highest BCUT2D eigenvalue weighted by Gasteiger charge is 2.49. The van der Waals surface area contributed by atoms with Gasteiger partial charge in [0.25, 0.3) is 5.78 Å². The number of thiazole rings is 1. The minimum absolute atomic E-state index is 0.0101. The number of unbranched alkanes of at least 4 members (excludes halogenated alkanes) is 1. The van der Waals surface area contributed by atoms with E-state index < -0.39 is 35.3 Å². The second kappa shape index (κ2) is 12.0. The Labute approximate surface area is 229 Å². The van der Waals surface area contributed by atoms with Crippen molar-refractivity contribution in [3.63, 3.8) is 0 Å². The lowest BCUT2D eigenvalue weighted by Crippen LogP contribution is -2.29. The predicted molar refractivity (Wildman–Crippen MR) is 145 cm³/mol. The zero-order valence-electron chi connectivity index (χ0n) is 21.5. The molecule has 0 radical (unpaired) electrons. The van der Waals surface area contributed by atoms with Crippen LogP contribution in [0.25, 0.3) is 5.76 Å². The number of ether oxygens (including phenoxy) is 2. The van der Waals surface area contributed by atoms with E-state index in [0.29, 0.717) is 12.4 Å². The third kappa shape index (κ3) is 5.61. The van der Waals surface area contributed by atoms with Crippen molar-refractivity contribution < 1.29 is 33.4 Å². The zero-order chi connectivity index (χ0) is 28.1. The van der Waals surface area contributed by atoms with Crippen LogP contribution in [0.4, 0.5) is 9.52 Å². The van der Waals surface area contributed by atoms with Crippen LogP contribution >= 0.6 is 11.3 Å². The van der Waals surface area contributed by atoms with Crippen LogP contribution in [0.2, 0.25) is 0 Å². The number of ketones is 1. The molecule has 3 aromatic rings. The third-order valence-corrected chi connectivity index (χ3v) is 7.16. The number of aromatic nitrogens is 1. The number of Topliss-reactive ketones (excluding diaryl/α,β-unsaturated/α-hetero) is 1. The SMILES string of the molecule is C=CCOC(=O)c1sc(N2C(=O)C(=O)C(=C(O)c3cccc(OCCCC)c3)C2c2ccccc2F)nc1C. The monoisotopic (exact) mass is 550 g/mol. The van der Waals surface area contributed by atoms with Gasteiger partial charge in [0.15, 0.2) is 5.13 Å².